The number of carboxylic acid groups (broad SMARTS) is 1. The molecule has 0 saturated heterocycles. The molecule has 0 aliphatic heterocycles. The van der Waals surface area contributed by atoms with E-state index in [0.29, 0.717) is 5.56 Å². The summed E-state index contributed by atoms with van der Waals surface area (Å²) in [5.41, 5.74) is 5.98. The highest BCUT2D eigenvalue weighted by Gasteiger charge is 2.17. The van der Waals surface area contributed by atoms with Crippen LogP contribution in [0.2, 0.25) is 0 Å². The van der Waals surface area contributed by atoms with E-state index in [1.165, 1.54) is 0 Å². The van der Waals surface area contributed by atoms with Crippen molar-refractivity contribution in [2.75, 3.05) is 0 Å². The van der Waals surface area contributed by atoms with E-state index >= 15 is 0 Å². The molecule has 15 heavy (non-hydrogen) atoms. The largest absolute Gasteiger partial charge is 0.480 e. The van der Waals surface area contributed by atoms with Crippen molar-refractivity contribution in [3.8, 4) is 0 Å². The first-order valence-corrected chi connectivity index (χ1v) is 5.22. The Morgan fingerprint density at radius 1 is 1.40 bits per heavy atom. The third kappa shape index (κ3) is 3.62. The highest BCUT2D eigenvalue weighted by atomic mass is 79.9. The van der Waals surface area contributed by atoms with E-state index in [1.807, 2.05) is 0 Å². The Bertz CT molecular complexity index is 339. The number of aliphatic carboxylic acids is 1. The standard InChI is InChI=1S/C10H12BrNO3/c11-7-3-1-6(2-4-7)9(13)5-8(12)10(14)15/h1-4,8-9,13H,5,12H2,(H,14,15)/t8-,9-/m0/s1. The number of carbonyl (C=O) groups is 1. The van der Waals surface area contributed by atoms with Crippen molar-refractivity contribution in [2.24, 2.45) is 5.73 Å². The summed E-state index contributed by atoms with van der Waals surface area (Å²) < 4.78 is 0.904. The van der Waals surface area contributed by atoms with E-state index in [0.717, 1.165) is 4.47 Å². The molecule has 2 atom stereocenters. The van der Waals surface area contributed by atoms with Crippen molar-refractivity contribution in [3.63, 3.8) is 0 Å². The maximum atomic E-state index is 10.5. The first-order valence-electron chi connectivity index (χ1n) is 4.42. The van der Waals surface area contributed by atoms with Crippen LogP contribution < -0.4 is 5.73 Å². The van der Waals surface area contributed by atoms with Gasteiger partial charge in [0, 0.05) is 10.9 Å². The maximum Gasteiger partial charge on any atom is 0.320 e. The van der Waals surface area contributed by atoms with E-state index in [-0.39, 0.29) is 6.42 Å². The lowest BCUT2D eigenvalue weighted by atomic mass is 10.0. The third-order valence-electron chi connectivity index (χ3n) is 2.05. The van der Waals surface area contributed by atoms with Gasteiger partial charge in [0.15, 0.2) is 0 Å². The van der Waals surface area contributed by atoms with Crippen molar-refractivity contribution in [1.29, 1.82) is 0 Å². The molecule has 0 bridgehead atoms. The molecular weight excluding hydrogens is 262 g/mol. The molecule has 1 aromatic rings. The molecular formula is C10H12BrNO3. The van der Waals surface area contributed by atoms with Gasteiger partial charge in [-0.25, -0.2) is 0 Å². The Hall–Kier alpha value is -0.910. The first kappa shape index (κ1) is 12.2. The third-order valence-corrected chi connectivity index (χ3v) is 2.58. The number of rotatable bonds is 4. The van der Waals surface area contributed by atoms with Crippen LogP contribution in [0.1, 0.15) is 18.1 Å². The molecule has 0 aromatic heterocycles. The van der Waals surface area contributed by atoms with E-state index in [2.05, 4.69) is 15.9 Å². The fraction of sp³-hybridized carbons (Fsp3) is 0.300. The van der Waals surface area contributed by atoms with Gasteiger partial charge in [-0.05, 0) is 17.7 Å². The molecule has 1 aromatic carbocycles. The predicted octanol–water partition coefficient (Wildman–Crippen LogP) is 1.28. The van der Waals surface area contributed by atoms with Gasteiger partial charge in [0.05, 0.1) is 6.10 Å². The molecule has 0 amide bonds. The lowest BCUT2D eigenvalue weighted by molar-refractivity contribution is -0.139. The minimum atomic E-state index is -1.11. The number of hydrogen-bond donors (Lipinski definition) is 3. The summed E-state index contributed by atoms with van der Waals surface area (Å²) in [6.07, 6.45) is -0.832. The molecule has 1 rings (SSSR count). The van der Waals surface area contributed by atoms with Crippen molar-refractivity contribution in [3.05, 3.63) is 34.3 Å². The normalized spacial score (nSPS) is 14.6. The fourth-order valence-electron chi connectivity index (χ4n) is 1.16. The number of aliphatic hydroxyl groups excluding tert-OH is 1. The molecule has 0 aliphatic rings. The quantitative estimate of drug-likeness (QED) is 0.772. The van der Waals surface area contributed by atoms with Gasteiger partial charge in [-0.2, -0.15) is 0 Å². The minimum Gasteiger partial charge on any atom is -0.480 e. The smallest absolute Gasteiger partial charge is 0.320 e. The highest BCUT2D eigenvalue weighted by molar-refractivity contribution is 9.10. The van der Waals surface area contributed by atoms with Crippen LogP contribution in [-0.4, -0.2) is 22.2 Å². The number of carboxylic acids is 1. The number of benzene rings is 1. The summed E-state index contributed by atoms with van der Waals surface area (Å²) in [4.78, 5) is 10.5. The Labute approximate surface area is 95.8 Å². The van der Waals surface area contributed by atoms with Gasteiger partial charge < -0.3 is 15.9 Å². The fourth-order valence-corrected chi connectivity index (χ4v) is 1.43. The molecule has 5 heteroatoms. The average molecular weight is 274 g/mol. The van der Waals surface area contributed by atoms with Crippen LogP contribution in [0.3, 0.4) is 0 Å². The second kappa shape index (κ2) is 5.25. The topological polar surface area (TPSA) is 83.5 Å². The first-order chi connectivity index (χ1) is 7.00. The number of nitrogens with two attached hydrogens (primary N) is 1. The van der Waals surface area contributed by atoms with E-state index in [4.69, 9.17) is 10.8 Å². The molecule has 0 saturated carbocycles. The molecule has 82 valence electrons. The summed E-state index contributed by atoms with van der Waals surface area (Å²) in [5.74, 6) is -1.11. The molecule has 0 unspecified atom stereocenters. The van der Waals surface area contributed by atoms with Gasteiger partial charge in [-0.1, -0.05) is 28.1 Å². The van der Waals surface area contributed by atoms with E-state index in [9.17, 15) is 9.90 Å². The zero-order valence-corrected chi connectivity index (χ0v) is 9.52. The van der Waals surface area contributed by atoms with Crippen LogP contribution in [0.5, 0.6) is 0 Å². The predicted molar refractivity (Wildman–Crippen MR) is 59.3 cm³/mol. The second-order valence-electron chi connectivity index (χ2n) is 3.25. The Morgan fingerprint density at radius 3 is 2.40 bits per heavy atom. The summed E-state index contributed by atoms with van der Waals surface area (Å²) in [6.45, 7) is 0. The van der Waals surface area contributed by atoms with Gasteiger partial charge in [0.2, 0.25) is 0 Å². The molecule has 0 spiro atoms. The summed E-state index contributed by atoms with van der Waals surface area (Å²) in [7, 11) is 0. The molecule has 0 aliphatic carbocycles. The Kier molecular flexibility index (Phi) is 4.26. The molecule has 4 nitrogen and oxygen atoms in total. The maximum absolute atomic E-state index is 10.5. The highest BCUT2D eigenvalue weighted by Crippen LogP contribution is 2.20. The van der Waals surface area contributed by atoms with Crippen molar-refractivity contribution < 1.29 is 15.0 Å². The molecule has 0 heterocycles. The lowest BCUT2D eigenvalue weighted by Crippen LogP contribution is -2.31. The van der Waals surface area contributed by atoms with E-state index in [1.54, 1.807) is 24.3 Å². The minimum absolute atomic E-state index is 0.0109. The van der Waals surface area contributed by atoms with Gasteiger partial charge in [-0.3, -0.25) is 4.79 Å². The summed E-state index contributed by atoms with van der Waals surface area (Å²) in [6, 6.07) is 5.98. The summed E-state index contributed by atoms with van der Waals surface area (Å²) in [5, 5.41) is 18.3. The zero-order chi connectivity index (χ0) is 11.4. The molecule has 0 radical (unpaired) electrons. The lowest BCUT2D eigenvalue weighted by Gasteiger charge is -2.13. The molecule has 0 fully saturated rings. The SMILES string of the molecule is N[C@@H](C[C@H](O)c1ccc(Br)cc1)C(=O)O. The zero-order valence-electron chi connectivity index (χ0n) is 7.93. The van der Waals surface area contributed by atoms with Crippen molar-refractivity contribution in [1.82, 2.24) is 0 Å². The summed E-state index contributed by atoms with van der Waals surface area (Å²) >= 11 is 3.27. The number of aliphatic hydroxyl groups is 1. The Morgan fingerprint density at radius 2 is 1.93 bits per heavy atom. The van der Waals surface area contributed by atoms with Crippen LogP contribution >= 0.6 is 15.9 Å². The van der Waals surface area contributed by atoms with Crippen LogP contribution in [0.25, 0.3) is 0 Å². The van der Waals surface area contributed by atoms with Gasteiger partial charge in [0.1, 0.15) is 6.04 Å². The van der Waals surface area contributed by atoms with Gasteiger partial charge in [0.25, 0.3) is 0 Å². The number of halogens is 1. The van der Waals surface area contributed by atoms with Gasteiger partial charge in [-0.15, -0.1) is 0 Å². The Balaban J connectivity index is 2.64. The number of hydrogen-bond acceptors (Lipinski definition) is 3. The van der Waals surface area contributed by atoms with Crippen LogP contribution in [-0.2, 0) is 4.79 Å². The average Bonchev–Trinajstić information content (AvgIpc) is 2.18. The molecule has 4 N–H and O–H groups in total. The van der Waals surface area contributed by atoms with Crippen molar-refractivity contribution >= 4 is 21.9 Å². The van der Waals surface area contributed by atoms with Gasteiger partial charge >= 0.3 is 5.97 Å². The van der Waals surface area contributed by atoms with Crippen LogP contribution in [0.4, 0.5) is 0 Å². The van der Waals surface area contributed by atoms with Crippen LogP contribution in [0, 0.1) is 0 Å². The monoisotopic (exact) mass is 273 g/mol. The van der Waals surface area contributed by atoms with Crippen molar-refractivity contribution in [2.45, 2.75) is 18.6 Å². The van der Waals surface area contributed by atoms with Crippen LogP contribution in [0.15, 0.2) is 28.7 Å². The van der Waals surface area contributed by atoms with E-state index < -0.39 is 18.1 Å². The second-order valence-corrected chi connectivity index (χ2v) is 4.16.